The SMILES string of the molecule is CC[C@@H](C)[C@H](NC(=O)/C=C/c1ccc(Cl)cc1)c1nnc(S(C)(=O)=O)o1. The number of sulfone groups is 1. The molecule has 0 bridgehead atoms. The first kappa shape index (κ1) is 20.1. The highest BCUT2D eigenvalue weighted by Gasteiger charge is 2.27. The zero-order chi connectivity index (χ0) is 19.3. The molecular weight excluding hydrogens is 378 g/mol. The van der Waals surface area contributed by atoms with E-state index < -0.39 is 21.1 Å². The zero-order valence-electron chi connectivity index (χ0n) is 14.6. The largest absolute Gasteiger partial charge is 0.410 e. The lowest BCUT2D eigenvalue weighted by atomic mass is 9.99. The molecule has 0 unspecified atom stereocenters. The average molecular weight is 398 g/mol. The molecule has 0 fully saturated rings. The zero-order valence-corrected chi connectivity index (χ0v) is 16.2. The van der Waals surface area contributed by atoms with Crippen LogP contribution in [0.4, 0.5) is 0 Å². The van der Waals surface area contributed by atoms with E-state index >= 15 is 0 Å². The summed E-state index contributed by atoms with van der Waals surface area (Å²) in [6.45, 7) is 3.85. The third-order valence-electron chi connectivity index (χ3n) is 3.81. The highest BCUT2D eigenvalue weighted by atomic mass is 35.5. The number of amides is 1. The Morgan fingerprint density at radius 2 is 1.96 bits per heavy atom. The van der Waals surface area contributed by atoms with Crippen molar-refractivity contribution in [3.8, 4) is 0 Å². The van der Waals surface area contributed by atoms with Gasteiger partial charge in [0, 0.05) is 17.4 Å². The molecule has 0 aliphatic rings. The number of nitrogens with zero attached hydrogens (tertiary/aromatic N) is 2. The van der Waals surface area contributed by atoms with E-state index in [0.29, 0.717) is 5.02 Å². The van der Waals surface area contributed by atoms with Gasteiger partial charge in [-0.2, -0.15) is 0 Å². The number of hydrogen-bond donors (Lipinski definition) is 1. The van der Waals surface area contributed by atoms with Crippen LogP contribution in [0.5, 0.6) is 0 Å². The first-order chi connectivity index (χ1) is 12.2. The molecule has 0 saturated heterocycles. The second kappa shape index (κ2) is 8.46. The summed E-state index contributed by atoms with van der Waals surface area (Å²) in [4.78, 5) is 12.3. The average Bonchev–Trinajstić information content (AvgIpc) is 3.08. The topological polar surface area (TPSA) is 102 Å². The van der Waals surface area contributed by atoms with Gasteiger partial charge in [-0.25, -0.2) is 8.42 Å². The predicted octanol–water partition coefficient (Wildman–Crippen LogP) is 3.04. The van der Waals surface area contributed by atoms with Gasteiger partial charge >= 0.3 is 5.22 Å². The molecule has 0 aliphatic carbocycles. The number of rotatable bonds is 7. The number of halogens is 1. The van der Waals surface area contributed by atoms with Crippen molar-refractivity contribution >= 4 is 33.4 Å². The summed E-state index contributed by atoms with van der Waals surface area (Å²) >= 11 is 5.83. The maximum absolute atomic E-state index is 12.3. The van der Waals surface area contributed by atoms with Gasteiger partial charge in [-0.05, 0) is 29.7 Å². The Morgan fingerprint density at radius 1 is 1.31 bits per heavy atom. The van der Waals surface area contributed by atoms with Gasteiger partial charge in [0.1, 0.15) is 6.04 Å². The van der Waals surface area contributed by atoms with Crippen LogP contribution in [0.2, 0.25) is 5.02 Å². The minimum atomic E-state index is -3.60. The monoisotopic (exact) mass is 397 g/mol. The number of hydrogen-bond acceptors (Lipinski definition) is 6. The van der Waals surface area contributed by atoms with Crippen molar-refractivity contribution in [3.05, 3.63) is 46.8 Å². The van der Waals surface area contributed by atoms with Crippen LogP contribution in [0.3, 0.4) is 0 Å². The summed E-state index contributed by atoms with van der Waals surface area (Å²) in [6.07, 6.45) is 4.74. The summed E-state index contributed by atoms with van der Waals surface area (Å²) in [7, 11) is -3.60. The van der Waals surface area contributed by atoms with Crippen molar-refractivity contribution in [2.75, 3.05) is 6.26 Å². The maximum Gasteiger partial charge on any atom is 0.335 e. The summed E-state index contributed by atoms with van der Waals surface area (Å²) in [5.41, 5.74) is 0.821. The number of carbonyl (C=O) groups is 1. The van der Waals surface area contributed by atoms with Crippen molar-refractivity contribution in [2.24, 2.45) is 5.92 Å². The van der Waals surface area contributed by atoms with Crippen LogP contribution in [0.1, 0.15) is 37.8 Å². The van der Waals surface area contributed by atoms with Crippen LogP contribution in [0.15, 0.2) is 40.0 Å². The fourth-order valence-corrected chi connectivity index (χ4v) is 2.68. The Hall–Kier alpha value is -2.19. The van der Waals surface area contributed by atoms with E-state index in [1.807, 2.05) is 13.8 Å². The Morgan fingerprint density at radius 3 is 2.50 bits per heavy atom. The summed E-state index contributed by atoms with van der Waals surface area (Å²) < 4.78 is 28.3. The van der Waals surface area contributed by atoms with Gasteiger partial charge in [-0.1, -0.05) is 49.1 Å². The van der Waals surface area contributed by atoms with Crippen molar-refractivity contribution in [3.63, 3.8) is 0 Å². The van der Waals surface area contributed by atoms with Gasteiger partial charge in [0.2, 0.25) is 21.6 Å². The normalized spacial score (nSPS) is 14.3. The number of nitrogens with one attached hydrogen (secondary N) is 1. The molecule has 2 aromatic rings. The van der Waals surface area contributed by atoms with E-state index in [-0.39, 0.29) is 17.7 Å². The summed E-state index contributed by atoms with van der Waals surface area (Å²) in [5.74, 6) is -0.326. The van der Waals surface area contributed by atoms with Gasteiger partial charge in [0.05, 0.1) is 0 Å². The smallest absolute Gasteiger partial charge is 0.335 e. The minimum Gasteiger partial charge on any atom is -0.410 e. The molecular formula is C17H20ClN3O4S. The predicted molar refractivity (Wildman–Crippen MR) is 98.2 cm³/mol. The molecule has 2 rings (SSSR count). The Kier molecular flexibility index (Phi) is 6.55. The molecule has 2 atom stereocenters. The molecule has 1 aromatic heterocycles. The van der Waals surface area contributed by atoms with Crippen LogP contribution in [0.25, 0.3) is 6.08 Å². The fraction of sp³-hybridized carbons (Fsp3) is 0.353. The van der Waals surface area contributed by atoms with E-state index in [2.05, 4.69) is 15.5 Å². The number of aromatic nitrogens is 2. The van der Waals surface area contributed by atoms with E-state index in [9.17, 15) is 13.2 Å². The quantitative estimate of drug-likeness (QED) is 0.720. The molecule has 1 N–H and O–H groups in total. The fourth-order valence-electron chi connectivity index (χ4n) is 2.13. The third-order valence-corrected chi connectivity index (χ3v) is 4.86. The van der Waals surface area contributed by atoms with Crippen LogP contribution in [-0.4, -0.2) is 30.8 Å². The highest BCUT2D eigenvalue weighted by molar-refractivity contribution is 7.90. The standard InChI is InChI=1S/C17H20ClN3O4S/c1-4-11(2)15(16-20-21-17(25-16)26(3,23)24)19-14(22)10-7-12-5-8-13(18)9-6-12/h5-11,15H,4H2,1-3H3,(H,19,22)/b10-7+/t11-,15+/m1/s1. The molecule has 0 saturated carbocycles. The molecule has 7 nitrogen and oxygen atoms in total. The second-order valence-electron chi connectivity index (χ2n) is 5.94. The maximum atomic E-state index is 12.3. The van der Waals surface area contributed by atoms with E-state index in [1.54, 1.807) is 30.3 Å². The summed E-state index contributed by atoms with van der Waals surface area (Å²) in [6, 6.07) is 6.44. The Bertz CT molecular complexity index is 891. The van der Waals surface area contributed by atoms with Gasteiger partial charge in [0.25, 0.3) is 0 Å². The van der Waals surface area contributed by atoms with Crippen LogP contribution in [0, 0.1) is 5.92 Å². The van der Waals surface area contributed by atoms with Gasteiger partial charge in [-0.15, -0.1) is 5.10 Å². The molecule has 0 radical (unpaired) electrons. The summed E-state index contributed by atoms with van der Waals surface area (Å²) in [5, 5.41) is 10.3. The van der Waals surface area contributed by atoms with Crippen LogP contribution >= 0.6 is 11.6 Å². The van der Waals surface area contributed by atoms with E-state index in [1.165, 1.54) is 6.08 Å². The van der Waals surface area contributed by atoms with Crippen LogP contribution in [-0.2, 0) is 14.6 Å². The van der Waals surface area contributed by atoms with E-state index in [4.69, 9.17) is 16.0 Å². The Labute approximate surface area is 157 Å². The van der Waals surface area contributed by atoms with Crippen molar-refractivity contribution < 1.29 is 17.6 Å². The lowest BCUT2D eigenvalue weighted by Crippen LogP contribution is -2.31. The van der Waals surface area contributed by atoms with Gasteiger partial charge < -0.3 is 9.73 Å². The molecule has 1 amide bonds. The molecule has 1 heterocycles. The van der Waals surface area contributed by atoms with Gasteiger partial charge in [0.15, 0.2) is 0 Å². The lowest BCUT2D eigenvalue weighted by molar-refractivity contribution is -0.117. The first-order valence-electron chi connectivity index (χ1n) is 7.98. The van der Waals surface area contributed by atoms with E-state index in [0.717, 1.165) is 18.2 Å². The highest BCUT2D eigenvalue weighted by Crippen LogP contribution is 2.24. The molecule has 0 aliphatic heterocycles. The molecule has 26 heavy (non-hydrogen) atoms. The number of benzene rings is 1. The number of carbonyl (C=O) groups excluding carboxylic acids is 1. The van der Waals surface area contributed by atoms with Crippen molar-refractivity contribution in [1.29, 1.82) is 0 Å². The molecule has 1 aromatic carbocycles. The van der Waals surface area contributed by atoms with Crippen molar-refractivity contribution in [2.45, 2.75) is 31.5 Å². The third kappa shape index (κ3) is 5.40. The Balaban J connectivity index is 2.16. The second-order valence-corrected chi connectivity index (χ2v) is 8.27. The lowest BCUT2D eigenvalue weighted by Gasteiger charge is -2.20. The molecule has 140 valence electrons. The van der Waals surface area contributed by atoms with Crippen LogP contribution < -0.4 is 5.32 Å². The molecule has 9 heteroatoms. The van der Waals surface area contributed by atoms with Gasteiger partial charge in [-0.3, -0.25) is 4.79 Å². The van der Waals surface area contributed by atoms with Crippen molar-refractivity contribution in [1.82, 2.24) is 15.5 Å². The minimum absolute atomic E-state index is 0.0317. The molecule has 0 spiro atoms. The first-order valence-corrected chi connectivity index (χ1v) is 10.2.